The highest BCUT2D eigenvalue weighted by molar-refractivity contribution is 5.89. The first-order valence-corrected chi connectivity index (χ1v) is 11.8. The van der Waals surface area contributed by atoms with Crippen LogP contribution in [0.25, 0.3) is 0 Å². The quantitative estimate of drug-likeness (QED) is 0.644. The fourth-order valence-electron chi connectivity index (χ4n) is 5.10. The van der Waals surface area contributed by atoms with E-state index in [4.69, 9.17) is 9.57 Å². The number of fused-ring (bicyclic) bond motifs is 1. The van der Waals surface area contributed by atoms with Gasteiger partial charge in [-0.05, 0) is 56.7 Å². The summed E-state index contributed by atoms with van der Waals surface area (Å²) in [4.78, 5) is 21.6. The summed E-state index contributed by atoms with van der Waals surface area (Å²) in [5.74, 6) is -1.06. The number of nitrogens with zero attached hydrogens (tertiary/aromatic N) is 3. The lowest BCUT2D eigenvalue weighted by molar-refractivity contribution is -0.122. The number of amidine groups is 1. The predicted octanol–water partition coefficient (Wildman–Crippen LogP) is 2.75. The summed E-state index contributed by atoms with van der Waals surface area (Å²) in [6.07, 6.45) is 8.10. The number of hydrogen-bond acceptors (Lipinski definition) is 6. The molecule has 2 aliphatic carbocycles. The molecule has 0 aromatic carbocycles. The largest absolute Gasteiger partial charge is 0.386 e. The van der Waals surface area contributed by atoms with E-state index in [1.807, 2.05) is 4.90 Å². The minimum absolute atomic E-state index is 0.0825. The van der Waals surface area contributed by atoms with Crippen molar-refractivity contribution in [2.45, 2.75) is 50.7 Å². The van der Waals surface area contributed by atoms with Crippen LogP contribution in [0.15, 0.2) is 29.0 Å². The summed E-state index contributed by atoms with van der Waals surface area (Å²) >= 11 is 0. The average Bonchev–Trinajstić information content (AvgIpc) is 3.25. The Morgan fingerprint density at radius 3 is 2.69 bits per heavy atom. The van der Waals surface area contributed by atoms with Crippen molar-refractivity contribution in [2.24, 2.45) is 17.0 Å². The summed E-state index contributed by atoms with van der Waals surface area (Å²) in [7, 11) is 1.61. The van der Waals surface area contributed by atoms with E-state index in [-0.39, 0.29) is 5.91 Å². The Hall–Kier alpha value is -2.00. The van der Waals surface area contributed by atoms with Crippen molar-refractivity contribution in [1.29, 1.82) is 0 Å². The number of methoxy groups -OCH3 is 1. The number of hydrogen-bond donors (Lipinski definition) is 1. The van der Waals surface area contributed by atoms with Gasteiger partial charge in [0.1, 0.15) is 5.92 Å². The number of ether oxygens (including phenoxy) is 1. The second-order valence-electron chi connectivity index (χ2n) is 9.20. The van der Waals surface area contributed by atoms with Gasteiger partial charge in [0.2, 0.25) is 5.91 Å². The molecule has 2 atom stereocenters. The third-order valence-electron chi connectivity index (χ3n) is 7.10. The molecule has 1 saturated carbocycles. The van der Waals surface area contributed by atoms with Crippen molar-refractivity contribution in [3.05, 3.63) is 23.8 Å². The second-order valence-corrected chi connectivity index (χ2v) is 9.20. The normalized spacial score (nSPS) is 30.7. The first-order chi connectivity index (χ1) is 15.5. The fraction of sp³-hybridized carbons (Fsp3) is 0.739. The van der Waals surface area contributed by atoms with Crippen LogP contribution in [0.5, 0.6) is 0 Å². The van der Waals surface area contributed by atoms with Gasteiger partial charge in [-0.2, -0.15) is 0 Å². The van der Waals surface area contributed by atoms with Gasteiger partial charge in [0, 0.05) is 45.8 Å². The molecule has 0 aromatic heterocycles. The lowest BCUT2D eigenvalue weighted by Gasteiger charge is -2.38. The average molecular weight is 453 g/mol. The summed E-state index contributed by atoms with van der Waals surface area (Å²) in [5.41, 5.74) is 0. The first-order valence-electron chi connectivity index (χ1n) is 11.8. The van der Waals surface area contributed by atoms with E-state index < -0.39 is 23.7 Å². The van der Waals surface area contributed by atoms with Gasteiger partial charge in [-0.25, -0.2) is 8.78 Å². The van der Waals surface area contributed by atoms with E-state index in [0.29, 0.717) is 30.8 Å². The van der Waals surface area contributed by atoms with Crippen LogP contribution in [0.1, 0.15) is 38.5 Å². The maximum Gasteiger partial charge on any atom is 0.222 e. The van der Waals surface area contributed by atoms with E-state index in [0.717, 1.165) is 70.9 Å². The molecule has 1 amide bonds. The van der Waals surface area contributed by atoms with Crippen molar-refractivity contribution in [3.63, 3.8) is 0 Å². The number of allylic oxidation sites excluding steroid dienone is 2. The molecule has 4 aliphatic rings. The molecular formula is C23H34F2N4O3. The zero-order valence-corrected chi connectivity index (χ0v) is 18.8. The third kappa shape index (κ3) is 5.49. The van der Waals surface area contributed by atoms with Gasteiger partial charge < -0.3 is 19.8 Å². The van der Waals surface area contributed by atoms with Crippen molar-refractivity contribution in [1.82, 2.24) is 15.1 Å². The number of nitrogens with one attached hydrogen (secondary N) is 1. The number of carbonyl (C=O) groups excluding carboxylic acids is 1. The number of oxime groups is 1. The Labute approximate surface area is 188 Å². The molecule has 0 radical (unpaired) electrons. The molecular weight excluding hydrogens is 418 g/mol. The minimum Gasteiger partial charge on any atom is -0.386 e. The topological polar surface area (TPSA) is 66.4 Å². The Morgan fingerprint density at radius 2 is 1.97 bits per heavy atom. The molecule has 0 spiro atoms. The standard InChI is InChI=1S/C23H34F2N4O3/c1-31-15-9-20(30)26-17-4-2-16(3-5-17)8-10-28-11-13-29(14-12-28)23-21-19(32-27-23)7-6-18(24)22(21)25/h6-7,16-17,19,21H,2-5,8-15H2,1H3,(H,26,30). The molecule has 1 saturated heterocycles. The number of rotatable bonds is 7. The van der Waals surface area contributed by atoms with Crippen LogP contribution in [-0.4, -0.2) is 80.1 Å². The van der Waals surface area contributed by atoms with E-state index >= 15 is 0 Å². The number of piperazine rings is 1. The molecule has 9 heteroatoms. The summed E-state index contributed by atoms with van der Waals surface area (Å²) < 4.78 is 33.0. The molecule has 1 N–H and O–H groups in total. The molecule has 178 valence electrons. The highest BCUT2D eigenvalue weighted by Crippen LogP contribution is 2.35. The predicted molar refractivity (Wildman–Crippen MR) is 117 cm³/mol. The van der Waals surface area contributed by atoms with Crippen LogP contribution >= 0.6 is 0 Å². The zero-order valence-electron chi connectivity index (χ0n) is 18.8. The monoisotopic (exact) mass is 452 g/mol. The molecule has 2 fully saturated rings. The van der Waals surface area contributed by atoms with E-state index in [1.165, 1.54) is 6.08 Å². The van der Waals surface area contributed by atoms with Gasteiger partial charge in [0.15, 0.2) is 23.6 Å². The highest BCUT2D eigenvalue weighted by atomic mass is 19.2. The summed E-state index contributed by atoms with van der Waals surface area (Å²) in [5, 5.41) is 7.20. The molecule has 2 unspecified atom stereocenters. The van der Waals surface area contributed by atoms with Crippen LogP contribution in [0.2, 0.25) is 0 Å². The fourth-order valence-corrected chi connectivity index (χ4v) is 5.10. The van der Waals surface area contributed by atoms with Crippen molar-refractivity contribution < 1.29 is 23.1 Å². The maximum atomic E-state index is 14.3. The SMILES string of the molecule is COCCC(=O)NC1CCC(CCN2CCN(C3=NOC4C=CC(F)=C(F)C34)CC2)CC1. The molecule has 2 heterocycles. The first kappa shape index (κ1) is 23.2. The summed E-state index contributed by atoms with van der Waals surface area (Å²) in [6, 6.07) is 0.297. The highest BCUT2D eigenvalue weighted by Gasteiger charge is 2.43. The lowest BCUT2D eigenvalue weighted by atomic mass is 9.84. The number of amides is 1. The Morgan fingerprint density at radius 1 is 1.22 bits per heavy atom. The Balaban J connectivity index is 1.15. The van der Waals surface area contributed by atoms with E-state index in [2.05, 4.69) is 15.4 Å². The minimum atomic E-state index is -0.827. The summed E-state index contributed by atoms with van der Waals surface area (Å²) in [6.45, 7) is 4.75. The number of halogens is 2. The molecule has 7 nitrogen and oxygen atoms in total. The molecule has 2 aliphatic heterocycles. The third-order valence-corrected chi connectivity index (χ3v) is 7.10. The second kappa shape index (κ2) is 10.7. The number of carbonyl (C=O) groups is 1. The lowest BCUT2D eigenvalue weighted by Crippen LogP contribution is -2.51. The zero-order chi connectivity index (χ0) is 22.5. The van der Waals surface area contributed by atoms with Crippen LogP contribution in [0, 0.1) is 11.8 Å². The van der Waals surface area contributed by atoms with Crippen LogP contribution < -0.4 is 5.32 Å². The van der Waals surface area contributed by atoms with Crippen LogP contribution in [0.3, 0.4) is 0 Å². The van der Waals surface area contributed by atoms with Crippen LogP contribution in [0.4, 0.5) is 8.78 Å². The molecule has 0 bridgehead atoms. The Bertz CT molecular complexity index is 756. The van der Waals surface area contributed by atoms with Gasteiger partial charge in [-0.3, -0.25) is 9.69 Å². The maximum absolute atomic E-state index is 14.3. The van der Waals surface area contributed by atoms with E-state index in [9.17, 15) is 13.6 Å². The Kier molecular flexibility index (Phi) is 7.78. The van der Waals surface area contributed by atoms with Crippen molar-refractivity contribution in [2.75, 3.05) is 46.4 Å². The van der Waals surface area contributed by atoms with Crippen molar-refractivity contribution in [3.8, 4) is 0 Å². The molecule has 0 aromatic rings. The van der Waals surface area contributed by atoms with Crippen LogP contribution in [-0.2, 0) is 14.4 Å². The van der Waals surface area contributed by atoms with Gasteiger partial charge in [-0.15, -0.1) is 0 Å². The smallest absolute Gasteiger partial charge is 0.222 e. The molecule has 32 heavy (non-hydrogen) atoms. The van der Waals surface area contributed by atoms with Gasteiger partial charge in [0.05, 0.1) is 6.61 Å². The van der Waals surface area contributed by atoms with Gasteiger partial charge >= 0.3 is 0 Å². The van der Waals surface area contributed by atoms with Gasteiger partial charge in [0.25, 0.3) is 0 Å². The van der Waals surface area contributed by atoms with Gasteiger partial charge in [-0.1, -0.05) is 5.16 Å². The van der Waals surface area contributed by atoms with E-state index in [1.54, 1.807) is 7.11 Å². The van der Waals surface area contributed by atoms with Crippen molar-refractivity contribution >= 4 is 11.7 Å². The molecule has 4 rings (SSSR count).